The lowest BCUT2D eigenvalue weighted by atomic mass is 9.95. The molecular formula is C13H25N3O3. The fourth-order valence-corrected chi connectivity index (χ4v) is 3.15. The molecule has 2 aliphatic rings. The van der Waals surface area contributed by atoms with E-state index in [2.05, 4.69) is 10.3 Å². The minimum Gasteiger partial charge on any atom is -0.396 e. The molecule has 2 heterocycles. The minimum atomic E-state index is -0.381. The summed E-state index contributed by atoms with van der Waals surface area (Å²) in [6.45, 7) is 3.29. The van der Waals surface area contributed by atoms with E-state index < -0.39 is 0 Å². The molecule has 0 aromatic carbocycles. The molecule has 3 unspecified atom stereocenters. The number of hydrogen-bond acceptors (Lipinski definition) is 5. The average Bonchev–Trinajstić information content (AvgIpc) is 2.87. The van der Waals surface area contributed by atoms with Crippen LogP contribution in [0.1, 0.15) is 32.1 Å². The Balaban J connectivity index is 1.74. The monoisotopic (exact) mass is 271 g/mol. The Kier molecular flexibility index (Phi) is 5.57. The predicted octanol–water partition coefficient (Wildman–Crippen LogP) is -0.382. The van der Waals surface area contributed by atoms with Crippen LogP contribution in [0, 0.1) is 5.92 Å². The van der Waals surface area contributed by atoms with Crippen LogP contribution in [0.3, 0.4) is 0 Å². The van der Waals surface area contributed by atoms with Gasteiger partial charge in [0, 0.05) is 19.7 Å². The second-order valence-corrected chi connectivity index (χ2v) is 5.61. The highest BCUT2D eigenvalue weighted by Crippen LogP contribution is 2.24. The number of piperidine rings is 1. The Labute approximate surface area is 114 Å². The lowest BCUT2D eigenvalue weighted by molar-refractivity contribution is -0.132. The molecule has 2 rings (SSSR count). The summed E-state index contributed by atoms with van der Waals surface area (Å²) in [4.78, 5) is 13.8. The van der Waals surface area contributed by atoms with E-state index >= 15 is 0 Å². The van der Waals surface area contributed by atoms with Gasteiger partial charge in [-0.05, 0) is 44.6 Å². The van der Waals surface area contributed by atoms with E-state index in [-0.39, 0.29) is 24.7 Å². The fourth-order valence-electron chi connectivity index (χ4n) is 3.15. The molecule has 110 valence electrons. The summed E-state index contributed by atoms with van der Waals surface area (Å²) in [6.07, 6.45) is 4.70. The SMILES string of the molecule is NNC(=O)C1CCC(CN2CCCC(CCO)C2)O1. The second-order valence-electron chi connectivity index (χ2n) is 5.61. The number of hydrogen-bond donors (Lipinski definition) is 3. The van der Waals surface area contributed by atoms with E-state index in [9.17, 15) is 4.79 Å². The van der Waals surface area contributed by atoms with Crippen LogP contribution in [-0.4, -0.2) is 54.4 Å². The third-order valence-corrected chi connectivity index (χ3v) is 4.14. The molecule has 0 bridgehead atoms. The van der Waals surface area contributed by atoms with Gasteiger partial charge >= 0.3 is 0 Å². The van der Waals surface area contributed by atoms with Gasteiger partial charge in [0.25, 0.3) is 5.91 Å². The van der Waals surface area contributed by atoms with Crippen LogP contribution in [0.2, 0.25) is 0 Å². The summed E-state index contributed by atoms with van der Waals surface area (Å²) >= 11 is 0. The Hall–Kier alpha value is -0.690. The topological polar surface area (TPSA) is 87.8 Å². The number of aliphatic hydroxyl groups excluding tert-OH is 1. The van der Waals surface area contributed by atoms with Crippen molar-refractivity contribution in [1.82, 2.24) is 10.3 Å². The molecule has 1 amide bonds. The number of carbonyl (C=O) groups excluding carboxylic acids is 1. The number of hydrazine groups is 1. The smallest absolute Gasteiger partial charge is 0.263 e. The van der Waals surface area contributed by atoms with Gasteiger partial charge in [-0.1, -0.05) is 0 Å². The van der Waals surface area contributed by atoms with Crippen LogP contribution in [0.15, 0.2) is 0 Å². The first kappa shape index (κ1) is 14.7. The van der Waals surface area contributed by atoms with Crippen molar-refractivity contribution in [1.29, 1.82) is 0 Å². The summed E-state index contributed by atoms with van der Waals surface area (Å²) in [6, 6.07) is 0. The van der Waals surface area contributed by atoms with Crippen molar-refractivity contribution in [2.45, 2.75) is 44.3 Å². The van der Waals surface area contributed by atoms with E-state index in [0.29, 0.717) is 5.92 Å². The lowest BCUT2D eigenvalue weighted by Crippen LogP contribution is -2.42. The van der Waals surface area contributed by atoms with Crippen molar-refractivity contribution < 1.29 is 14.6 Å². The quantitative estimate of drug-likeness (QED) is 0.360. The third kappa shape index (κ3) is 4.14. The molecule has 0 aromatic heterocycles. The van der Waals surface area contributed by atoms with Gasteiger partial charge in [-0.25, -0.2) is 5.84 Å². The number of aliphatic hydroxyl groups is 1. The molecule has 0 aromatic rings. The Morgan fingerprint density at radius 2 is 2.26 bits per heavy atom. The second kappa shape index (κ2) is 7.19. The zero-order valence-corrected chi connectivity index (χ0v) is 11.4. The number of nitrogens with zero attached hydrogens (tertiary/aromatic N) is 1. The van der Waals surface area contributed by atoms with E-state index in [1.165, 1.54) is 12.8 Å². The summed E-state index contributed by atoms with van der Waals surface area (Å²) in [5.41, 5.74) is 2.15. The van der Waals surface area contributed by atoms with Gasteiger partial charge in [0.2, 0.25) is 0 Å². The molecule has 6 nitrogen and oxygen atoms in total. The van der Waals surface area contributed by atoms with E-state index in [1.807, 2.05) is 0 Å². The number of amides is 1. The molecule has 2 aliphatic heterocycles. The van der Waals surface area contributed by atoms with Gasteiger partial charge in [0.15, 0.2) is 0 Å². The van der Waals surface area contributed by atoms with E-state index in [0.717, 1.165) is 38.9 Å². The van der Waals surface area contributed by atoms with Gasteiger partial charge in [-0.15, -0.1) is 0 Å². The van der Waals surface area contributed by atoms with Crippen molar-refractivity contribution in [2.75, 3.05) is 26.2 Å². The fraction of sp³-hybridized carbons (Fsp3) is 0.923. The van der Waals surface area contributed by atoms with E-state index in [1.54, 1.807) is 0 Å². The molecule has 0 saturated carbocycles. The molecule has 3 atom stereocenters. The molecule has 2 fully saturated rings. The predicted molar refractivity (Wildman–Crippen MR) is 71.1 cm³/mol. The molecule has 19 heavy (non-hydrogen) atoms. The molecule has 0 spiro atoms. The number of nitrogens with one attached hydrogen (secondary N) is 1. The van der Waals surface area contributed by atoms with Crippen LogP contribution < -0.4 is 11.3 Å². The van der Waals surface area contributed by atoms with Gasteiger partial charge < -0.3 is 14.7 Å². The summed E-state index contributed by atoms with van der Waals surface area (Å²) in [5.74, 6) is 5.50. The highest BCUT2D eigenvalue weighted by atomic mass is 16.5. The number of nitrogens with two attached hydrogens (primary N) is 1. The van der Waals surface area contributed by atoms with Crippen LogP contribution in [-0.2, 0) is 9.53 Å². The van der Waals surface area contributed by atoms with E-state index in [4.69, 9.17) is 15.7 Å². The van der Waals surface area contributed by atoms with Crippen LogP contribution in [0.25, 0.3) is 0 Å². The summed E-state index contributed by atoms with van der Waals surface area (Å²) < 4.78 is 5.73. The maximum Gasteiger partial charge on any atom is 0.263 e. The lowest BCUT2D eigenvalue weighted by Gasteiger charge is -2.33. The van der Waals surface area contributed by atoms with Crippen LogP contribution in [0.4, 0.5) is 0 Å². The zero-order valence-electron chi connectivity index (χ0n) is 11.4. The normalized spacial score (nSPS) is 32.4. The summed E-state index contributed by atoms with van der Waals surface area (Å²) in [5, 5.41) is 9.01. The van der Waals surface area contributed by atoms with Crippen molar-refractivity contribution in [3.63, 3.8) is 0 Å². The van der Waals surface area contributed by atoms with Gasteiger partial charge in [0.05, 0.1) is 6.10 Å². The number of rotatable bonds is 5. The van der Waals surface area contributed by atoms with Crippen molar-refractivity contribution in [2.24, 2.45) is 11.8 Å². The average molecular weight is 271 g/mol. The number of ether oxygens (including phenoxy) is 1. The summed E-state index contributed by atoms with van der Waals surface area (Å²) in [7, 11) is 0. The Morgan fingerprint density at radius 1 is 1.42 bits per heavy atom. The van der Waals surface area contributed by atoms with Crippen LogP contribution >= 0.6 is 0 Å². The minimum absolute atomic E-state index is 0.134. The molecule has 0 radical (unpaired) electrons. The number of carbonyl (C=O) groups is 1. The maximum absolute atomic E-state index is 11.4. The first-order valence-electron chi connectivity index (χ1n) is 7.22. The Morgan fingerprint density at radius 3 is 3.00 bits per heavy atom. The molecular weight excluding hydrogens is 246 g/mol. The Bertz CT molecular complexity index is 299. The molecule has 2 saturated heterocycles. The first-order chi connectivity index (χ1) is 9.22. The van der Waals surface area contributed by atoms with Gasteiger partial charge in [-0.3, -0.25) is 10.2 Å². The highest BCUT2D eigenvalue weighted by Gasteiger charge is 2.32. The first-order valence-corrected chi connectivity index (χ1v) is 7.22. The molecule has 6 heteroatoms. The third-order valence-electron chi connectivity index (χ3n) is 4.14. The standard InChI is InChI=1S/C13H25N3O3/c14-15-13(18)12-4-3-11(19-12)9-16-6-1-2-10(8-16)5-7-17/h10-12,17H,1-9,14H2,(H,15,18). The zero-order chi connectivity index (χ0) is 13.7. The largest absolute Gasteiger partial charge is 0.396 e. The van der Waals surface area contributed by atoms with Crippen molar-refractivity contribution in [3.05, 3.63) is 0 Å². The van der Waals surface area contributed by atoms with Crippen LogP contribution in [0.5, 0.6) is 0 Å². The highest BCUT2D eigenvalue weighted by molar-refractivity contribution is 5.80. The number of likely N-dealkylation sites (tertiary alicyclic amines) is 1. The van der Waals surface area contributed by atoms with Gasteiger partial charge in [-0.2, -0.15) is 0 Å². The van der Waals surface area contributed by atoms with Crippen molar-refractivity contribution >= 4 is 5.91 Å². The molecule has 4 N–H and O–H groups in total. The van der Waals surface area contributed by atoms with Gasteiger partial charge in [0.1, 0.15) is 6.10 Å². The molecule has 0 aliphatic carbocycles. The van der Waals surface area contributed by atoms with Crippen molar-refractivity contribution in [3.8, 4) is 0 Å². The maximum atomic E-state index is 11.4.